The lowest BCUT2D eigenvalue weighted by Gasteiger charge is -2.34. The summed E-state index contributed by atoms with van der Waals surface area (Å²) >= 11 is 0. The van der Waals surface area contributed by atoms with Gasteiger partial charge in [-0.2, -0.15) is 0 Å². The largest absolute Gasteiger partial charge is 0.496 e. The van der Waals surface area contributed by atoms with Crippen LogP contribution in [-0.2, 0) is 30.1 Å². The third-order valence-electron chi connectivity index (χ3n) is 11.4. The number of nitrogens with zero attached hydrogens (tertiary/aromatic N) is 2. The maximum absolute atomic E-state index is 14.6. The molecule has 1 aromatic heterocycles. The Hall–Kier alpha value is -3.01. The zero-order valence-electron chi connectivity index (χ0n) is 28.1. The molecule has 2 aliphatic heterocycles. The molecule has 3 heterocycles. The van der Waals surface area contributed by atoms with Crippen LogP contribution in [0.2, 0.25) is 0 Å². The molecule has 5 atom stereocenters. The third-order valence-corrected chi connectivity index (χ3v) is 13.2. The fraction of sp³-hybridized carbons (Fsp3) is 0.667. The molecule has 4 aliphatic rings. The zero-order chi connectivity index (χ0) is 34.1. The molecule has 1 aromatic carbocycles. The van der Waals surface area contributed by atoms with Gasteiger partial charge in [-0.1, -0.05) is 32.6 Å². The van der Waals surface area contributed by atoms with Crippen LogP contribution in [0.15, 0.2) is 24.4 Å². The molecule has 11 nitrogen and oxygen atoms in total. The molecular weight excluding hydrogens is 635 g/mol. The van der Waals surface area contributed by atoms with Gasteiger partial charge in [0.2, 0.25) is 11.8 Å². The quantitative estimate of drug-likeness (QED) is 0.272. The predicted molar refractivity (Wildman–Crippen MR) is 179 cm³/mol. The number of esters is 1. The summed E-state index contributed by atoms with van der Waals surface area (Å²) in [7, 11) is -2.94. The molecule has 0 radical (unpaired) electrons. The Morgan fingerprint density at radius 3 is 2.60 bits per heavy atom. The lowest BCUT2D eigenvalue weighted by atomic mass is 9.77. The van der Waals surface area contributed by atoms with Crippen LogP contribution in [0.1, 0.15) is 96.0 Å². The molecular formula is C36H49N2O9P. The molecule has 2 saturated carbocycles. The van der Waals surface area contributed by atoms with E-state index in [1.165, 1.54) is 0 Å². The molecule has 48 heavy (non-hydrogen) atoms. The predicted octanol–water partition coefficient (Wildman–Crippen LogP) is 5.75. The summed E-state index contributed by atoms with van der Waals surface area (Å²) in [4.78, 5) is 68.7. The highest BCUT2D eigenvalue weighted by Crippen LogP contribution is 2.71. The minimum Gasteiger partial charge on any atom is -0.496 e. The number of methoxy groups -OCH3 is 1. The van der Waals surface area contributed by atoms with Crippen molar-refractivity contribution in [1.29, 1.82) is 0 Å². The Kier molecular flexibility index (Phi) is 10.5. The maximum Gasteiger partial charge on any atom is 0.332 e. The Bertz CT molecular complexity index is 1570. The van der Waals surface area contributed by atoms with Crippen molar-refractivity contribution >= 4 is 36.0 Å². The first-order valence-electron chi connectivity index (χ1n) is 17.7. The second-order valence-electron chi connectivity index (χ2n) is 14.3. The van der Waals surface area contributed by atoms with Crippen LogP contribution in [0.5, 0.6) is 11.6 Å². The van der Waals surface area contributed by atoms with Crippen molar-refractivity contribution in [2.75, 3.05) is 20.3 Å². The lowest BCUT2D eigenvalue weighted by molar-refractivity contribution is -0.152. The summed E-state index contributed by atoms with van der Waals surface area (Å²) in [5.74, 6) is -0.808. The summed E-state index contributed by atoms with van der Waals surface area (Å²) in [6.07, 6.45) is 9.57. The van der Waals surface area contributed by atoms with Crippen LogP contribution in [-0.4, -0.2) is 74.9 Å². The van der Waals surface area contributed by atoms with Gasteiger partial charge in [0.1, 0.15) is 11.9 Å². The van der Waals surface area contributed by atoms with Crippen LogP contribution in [0.4, 0.5) is 0 Å². The average molecular weight is 685 g/mol. The van der Waals surface area contributed by atoms with Crippen LogP contribution < -0.4 is 9.47 Å². The van der Waals surface area contributed by atoms with Gasteiger partial charge < -0.3 is 28.9 Å². The molecule has 2 N–H and O–H groups in total. The van der Waals surface area contributed by atoms with E-state index in [0.29, 0.717) is 18.7 Å². The number of ether oxygens (including phenoxy) is 3. The number of carbonyl (C=O) groups is 3. The average Bonchev–Trinajstić information content (AvgIpc) is 3.65. The molecule has 2 aliphatic carbocycles. The molecule has 0 spiro atoms. The minimum atomic E-state index is -4.58. The van der Waals surface area contributed by atoms with Gasteiger partial charge in [0.25, 0.3) is 0 Å². The molecule has 1 amide bonds. The zero-order valence-corrected chi connectivity index (χ0v) is 29.0. The van der Waals surface area contributed by atoms with E-state index in [1.807, 2.05) is 25.1 Å². The third kappa shape index (κ3) is 7.15. The molecule has 2 unspecified atom stereocenters. The number of aryl methyl sites for hydroxylation is 1. The van der Waals surface area contributed by atoms with Crippen LogP contribution in [0.3, 0.4) is 0 Å². The summed E-state index contributed by atoms with van der Waals surface area (Å²) in [6.45, 7) is 2.25. The van der Waals surface area contributed by atoms with E-state index in [0.717, 1.165) is 73.5 Å². The van der Waals surface area contributed by atoms with Crippen molar-refractivity contribution < 1.29 is 42.9 Å². The van der Waals surface area contributed by atoms with Crippen molar-refractivity contribution in [3.05, 3.63) is 30.0 Å². The fourth-order valence-corrected chi connectivity index (χ4v) is 9.98. The number of rotatable bonds is 7. The van der Waals surface area contributed by atoms with E-state index >= 15 is 0 Å². The van der Waals surface area contributed by atoms with Crippen molar-refractivity contribution in [3.8, 4) is 11.6 Å². The highest BCUT2D eigenvalue weighted by atomic mass is 31.2. The van der Waals surface area contributed by atoms with Gasteiger partial charge in [0.05, 0.1) is 43.8 Å². The topological polar surface area (TPSA) is 153 Å². The molecule has 6 rings (SSSR count). The van der Waals surface area contributed by atoms with E-state index in [1.54, 1.807) is 18.2 Å². The first-order chi connectivity index (χ1) is 23.0. The first kappa shape index (κ1) is 34.8. The normalized spacial score (nSPS) is 29.2. The van der Waals surface area contributed by atoms with Gasteiger partial charge >= 0.3 is 13.6 Å². The number of pyridine rings is 1. The fourth-order valence-electron chi connectivity index (χ4n) is 8.50. The van der Waals surface area contributed by atoms with Crippen molar-refractivity contribution in [3.63, 3.8) is 0 Å². The summed E-state index contributed by atoms with van der Waals surface area (Å²) in [6, 6.07) is 4.95. The number of aromatic nitrogens is 1. The smallest absolute Gasteiger partial charge is 0.332 e. The Morgan fingerprint density at radius 2 is 1.90 bits per heavy atom. The Balaban J connectivity index is 1.36. The number of benzene rings is 1. The van der Waals surface area contributed by atoms with Gasteiger partial charge in [0, 0.05) is 24.4 Å². The monoisotopic (exact) mass is 684 g/mol. The summed E-state index contributed by atoms with van der Waals surface area (Å²) < 4.78 is 30.6. The van der Waals surface area contributed by atoms with Crippen LogP contribution >= 0.6 is 7.60 Å². The summed E-state index contributed by atoms with van der Waals surface area (Å²) in [5, 5.41) is 0.305. The highest BCUT2D eigenvalue weighted by Gasteiger charge is 2.66. The maximum atomic E-state index is 14.6. The van der Waals surface area contributed by atoms with Gasteiger partial charge in [-0.25, -0.2) is 4.98 Å². The first-order valence-corrected chi connectivity index (χ1v) is 19.3. The second kappa shape index (κ2) is 14.5. The number of Topliss-reactive ketones (excluding diaryl/α,β-unsaturated/α-hetero) is 1. The highest BCUT2D eigenvalue weighted by molar-refractivity contribution is 7.54. The number of hydrogen-bond acceptors (Lipinski definition) is 8. The molecule has 1 saturated heterocycles. The van der Waals surface area contributed by atoms with Gasteiger partial charge in [-0.05, 0) is 85.9 Å². The lowest BCUT2D eigenvalue weighted by Crippen LogP contribution is -2.47. The Labute approximate surface area is 282 Å². The van der Waals surface area contributed by atoms with Gasteiger partial charge in [-0.3, -0.25) is 18.9 Å². The number of fused-ring (bicyclic) bond motifs is 3. The van der Waals surface area contributed by atoms with Gasteiger partial charge in [-0.15, -0.1) is 0 Å². The van der Waals surface area contributed by atoms with E-state index in [4.69, 9.17) is 14.2 Å². The van der Waals surface area contributed by atoms with E-state index in [9.17, 15) is 28.7 Å². The molecule has 262 valence electrons. The second-order valence-corrected chi connectivity index (χ2v) is 16.3. The SMILES string of the molecule is CCC1CC1(CC(=O)[C@@H]1C[C@@H]2CN1C(=O)[C@H](C1CCCCC1)CC(=O)OCCCCCc1cc3c(nccc3cc1OC)O2)P(=O)(O)O. The Morgan fingerprint density at radius 1 is 1.12 bits per heavy atom. The number of hydrogen-bond donors (Lipinski definition) is 2. The number of carbonyl (C=O) groups excluding carboxylic acids is 3. The molecule has 4 bridgehead atoms. The van der Waals surface area contributed by atoms with E-state index < -0.39 is 36.8 Å². The molecule has 3 fully saturated rings. The van der Waals surface area contributed by atoms with Crippen molar-refractivity contribution in [2.45, 2.75) is 114 Å². The standard InChI is InChI=1S/C36H49N2O9P/c1-3-26-20-36(26,48(42,43)44)21-31(39)30-18-27-22-38(30)35(41)29(23-10-6-4-7-11-23)19-33(40)46-15-9-5-8-12-25-16-28-24(17-32(25)45-2)13-14-37-34(28)47-27/h13-14,16-17,23,26-27,29-30H,3-12,15,18-22H2,1-2H3,(H2,42,43,44)/t26?,27-,29+,30+,36?/m1/s1. The van der Waals surface area contributed by atoms with Crippen LogP contribution in [0.25, 0.3) is 10.8 Å². The molecule has 12 heteroatoms. The number of cyclic esters (lactones) is 1. The minimum absolute atomic E-state index is 0.0115. The summed E-state index contributed by atoms with van der Waals surface area (Å²) in [5.41, 5.74) is 1.00. The van der Waals surface area contributed by atoms with E-state index in [2.05, 4.69) is 4.98 Å². The molecule has 2 aromatic rings. The van der Waals surface area contributed by atoms with Gasteiger partial charge in [0.15, 0.2) is 5.78 Å². The van der Waals surface area contributed by atoms with E-state index in [-0.39, 0.29) is 62.4 Å². The number of ketones is 1. The number of amides is 1. The van der Waals surface area contributed by atoms with Crippen molar-refractivity contribution in [1.82, 2.24) is 9.88 Å². The van der Waals surface area contributed by atoms with Crippen molar-refractivity contribution in [2.24, 2.45) is 17.8 Å². The van der Waals surface area contributed by atoms with Crippen LogP contribution in [0, 0.1) is 17.8 Å².